The predicted molar refractivity (Wildman–Crippen MR) is 122 cm³/mol. The van der Waals surface area contributed by atoms with Crippen LogP contribution in [0, 0.1) is 5.92 Å². The number of piperidine rings is 1. The summed E-state index contributed by atoms with van der Waals surface area (Å²) in [5.41, 5.74) is -0.305. The lowest BCUT2D eigenvalue weighted by Crippen LogP contribution is -2.49. The molecule has 1 aromatic heterocycles. The summed E-state index contributed by atoms with van der Waals surface area (Å²) in [7, 11) is 0. The van der Waals surface area contributed by atoms with Crippen molar-refractivity contribution >= 4 is 22.7 Å². The maximum absolute atomic E-state index is 13.0. The van der Waals surface area contributed by atoms with Gasteiger partial charge in [0.05, 0.1) is 10.9 Å². The number of carbonyl (C=O) groups is 2. The van der Waals surface area contributed by atoms with Crippen LogP contribution >= 0.6 is 0 Å². The Morgan fingerprint density at radius 2 is 1.66 bits per heavy atom. The normalized spacial score (nSPS) is 18.1. The van der Waals surface area contributed by atoms with Gasteiger partial charge in [-0.25, -0.2) is 4.79 Å². The highest BCUT2D eigenvalue weighted by Gasteiger charge is 2.28. The molecule has 0 atom stereocenters. The zero-order chi connectivity index (χ0) is 22.7. The van der Waals surface area contributed by atoms with E-state index >= 15 is 0 Å². The van der Waals surface area contributed by atoms with E-state index in [2.05, 4.69) is 5.32 Å². The monoisotopic (exact) mass is 440 g/mol. The van der Waals surface area contributed by atoms with Crippen molar-refractivity contribution in [1.82, 2.24) is 19.4 Å². The molecule has 2 fully saturated rings. The van der Waals surface area contributed by atoms with Gasteiger partial charge in [-0.2, -0.15) is 0 Å². The van der Waals surface area contributed by atoms with Crippen LogP contribution in [0.15, 0.2) is 33.9 Å². The first-order chi connectivity index (χ1) is 15.5. The van der Waals surface area contributed by atoms with Crippen LogP contribution in [-0.4, -0.2) is 45.0 Å². The van der Waals surface area contributed by atoms with Gasteiger partial charge < -0.3 is 10.2 Å². The second-order valence-electron chi connectivity index (χ2n) is 8.93. The molecule has 1 N–H and O–H groups in total. The number of fused-ring (bicyclic) bond motifs is 1. The second kappa shape index (κ2) is 9.71. The molecule has 2 heterocycles. The number of aromatic nitrogens is 2. The minimum absolute atomic E-state index is 0.0963. The molecule has 8 heteroatoms. The Labute approximate surface area is 187 Å². The summed E-state index contributed by atoms with van der Waals surface area (Å²) in [5.74, 6) is 0.155. The Hall–Kier alpha value is -2.90. The SMILES string of the molecule is CCn1c(=O)c2ccccc2n(CC(=O)N2CCC(NC(=O)C3CCCCC3)CC2)c1=O. The van der Waals surface area contributed by atoms with Gasteiger partial charge in [0.25, 0.3) is 5.56 Å². The second-order valence-corrected chi connectivity index (χ2v) is 8.93. The quantitative estimate of drug-likeness (QED) is 0.768. The molecule has 1 aromatic carbocycles. The summed E-state index contributed by atoms with van der Waals surface area (Å²) in [6, 6.07) is 7.01. The van der Waals surface area contributed by atoms with Gasteiger partial charge in [-0.05, 0) is 44.7 Å². The third-order valence-corrected chi connectivity index (χ3v) is 6.91. The van der Waals surface area contributed by atoms with E-state index in [0.717, 1.165) is 25.7 Å². The van der Waals surface area contributed by atoms with Gasteiger partial charge in [-0.15, -0.1) is 0 Å². The lowest BCUT2D eigenvalue weighted by Gasteiger charge is -2.33. The summed E-state index contributed by atoms with van der Waals surface area (Å²) >= 11 is 0. The third-order valence-electron chi connectivity index (χ3n) is 6.91. The lowest BCUT2D eigenvalue weighted by molar-refractivity contribution is -0.133. The predicted octanol–water partition coefficient (Wildman–Crippen LogP) is 1.87. The molecule has 1 aliphatic heterocycles. The zero-order valence-electron chi connectivity index (χ0n) is 18.7. The Kier molecular flexibility index (Phi) is 6.77. The maximum Gasteiger partial charge on any atom is 0.331 e. The van der Waals surface area contributed by atoms with Crippen LogP contribution in [0.4, 0.5) is 0 Å². The van der Waals surface area contributed by atoms with Gasteiger partial charge in [0.1, 0.15) is 6.54 Å². The number of benzene rings is 1. The highest BCUT2D eigenvalue weighted by molar-refractivity contribution is 5.82. The molecule has 1 aliphatic carbocycles. The molecule has 2 amide bonds. The number of carbonyl (C=O) groups excluding carboxylic acids is 2. The molecule has 0 spiro atoms. The fourth-order valence-electron chi connectivity index (χ4n) is 4.99. The number of hydrogen-bond donors (Lipinski definition) is 1. The average Bonchev–Trinajstić information content (AvgIpc) is 2.83. The number of nitrogens with one attached hydrogen (secondary N) is 1. The fourth-order valence-corrected chi connectivity index (χ4v) is 4.99. The van der Waals surface area contributed by atoms with Crippen LogP contribution in [0.25, 0.3) is 10.9 Å². The van der Waals surface area contributed by atoms with Gasteiger partial charge in [-0.1, -0.05) is 31.4 Å². The van der Waals surface area contributed by atoms with Crippen molar-refractivity contribution < 1.29 is 9.59 Å². The summed E-state index contributed by atoms with van der Waals surface area (Å²) in [6.45, 7) is 3.00. The highest BCUT2D eigenvalue weighted by Crippen LogP contribution is 2.24. The smallest absolute Gasteiger partial charge is 0.331 e. The van der Waals surface area contributed by atoms with Crippen molar-refractivity contribution in [1.29, 1.82) is 0 Å². The first-order valence-electron chi connectivity index (χ1n) is 11.8. The molecule has 0 bridgehead atoms. The van der Waals surface area contributed by atoms with Crippen LogP contribution in [0.5, 0.6) is 0 Å². The maximum atomic E-state index is 13.0. The van der Waals surface area contributed by atoms with E-state index in [0.29, 0.717) is 36.8 Å². The number of nitrogens with zero attached hydrogens (tertiary/aromatic N) is 3. The van der Waals surface area contributed by atoms with Crippen molar-refractivity contribution in [3.8, 4) is 0 Å². The first kappa shape index (κ1) is 22.3. The molecule has 172 valence electrons. The molecule has 2 aromatic rings. The number of amides is 2. The number of hydrogen-bond acceptors (Lipinski definition) is 4. The Morgan fingerprint density at radius 3 is 2.34 bits per heavy atom. The topological polar surface area (TPSA) is 93.4 Å². The van der Waals surface area contributed by atoms with Gasteiger partial charge in [0.2, 0.25) is 11.8 Å². The van der Waals surface area contributed by atoms with Crippen molar-refractivity contribution in [2.24, 2.45) is 5.92 Å². The van der Waals surface area contributed by atoms with E-state index in [4.69, 9.17) is 0 Å². The van der Waals surface area contributed by atoms with E-state index in [1.165, 1.54) is 15.6 Å². The molecule has 2 aliphatic rings. The molecule has 8 nitrogen and oxygen atoms in total. The van der Waals surface area contributed by atoms with Gasteiger partial charge in [0.15, 0.2) is 0 Å². The minimum atomic E-state index is -0.459. The standard InChI is InChI=1S/C24H32N4O4/c1-2-27-23(31)19-10-6-7-11-20(19)28(24(27)32)16-21(29)26-14-12-18(13-15-26)25-22(30)17-8-4-3-5-9-17/h6-7,10-11,17-18H,2-5,8-9,12-16H2,1H3,(H,25,30). The van der Waals surface area contributed by atoms with Crippen molar-refractivity contribution in [2.75, 3.05) is 13.1 Å². The average molecular weight is 441 g/mol. The summed E-state index contributed by atoms with van der Waals surface area (Å²) in [5, 5.41) is 3.62. The van der Waals surface area contributed by atoms with Crippen LogP contribution in [0.3, 0.4) is 0 Å². The number of rotatable bonds is 5. The minimum Gasteiger partial charge on any atom is -0.353 e. The van der Waals surface area contributed by atoms with E-state index in [9.17, 15) is 19.2 Å². The molecular formula is C24H32N4O4. The van der Waals surface area contributed by atoms with E-state index in [1.54, 1.807) is 36.1 Å². The van der Waals surface area contributed by atoms with E-state index in [1.807, 2.05) is 0 Å². The zero-order valence-corrected chi connectivity index (χ0v) is 18.7. The summed E-state index contributed by atoms with van der Waals surface area (Å²) in [4.78, 5) is 52.7. The van der Waals surface area contributed by atoms with Crippen LogP contribution in [0.1, 0.15) is 51.9 Å². The van der Waals surface area contributed by atoms with Crippen molar-refractivity contribution in [3.63, 3.8) is 0 Å². The van der Waals surface area contributed by atoms with E-state index < -0.39 is 5.69 Å². The van der Waals surface area contributed by atoms with Gasteiger partial charge >= 0.3 is 5.69 Å². The molecule has 0 unspecified atom stereocenters. The van der Waals surface area contributed by atoms with Gasteiger partial charge in [-0.3, -0.25) is 23.5 Å². The highest BCUT2D eigenvalue weighted by atomic mass is 16.2. The molecule has 1 saturated carbocycles. The third kappa shape index (κ3) is 4.49. The summed E-state index contributed by atoms with van der Waals surface area (Å²) < 4.78 is 2.57. The molecule has 1 saturated heterocycles. The summed E-state index contributed by atoms with van der Waals surface area (Å²) in [6.07, 6.45) is 6.87. The Balaban J connectivity index is 1.41. The molecule has 0 radical (unpaired) electrons. The molecule has 32 heavy (non-hydrogen) atoms. The first-order valence-corrected chi connectivity index (χ1v) is 11.8. The molecule has 4 rings (SSSR count). The van der Waals surface area contributed by atoms with Crippen LogP contribution in [-0.2, 0) is 22.7 Å². The van der Waals surface area contributed by atoms with E-state index in [-0.39, 0.29) is 42.4 Å². The largest absolute Gasteiger partial charge is 0.353 e. The number of likely N-dealkylation sites (tertiary alicyclic amines) is 1. The fraction of sp³-hybridized carbons (Fsp3) is 0.583. The van der Waals surface area contributed by atoms with Crippen LogP contribution in [0.2, 0.25) is 0 Å². The number of para-hydroxylation sites is 1. The Morgan fingerprint density at radius 1 is 0.969 bits per heavy atom. The lowest BCUT2D eigenvalue weighted by atomic mass is 9.88. The van der Waals surface area contributed by atoms with Gasteiger partial charge in [0, 0.05) is 31.6 Å². The van der Waals surface area contributed by atoms with Crippen molar-refractivity contribution in [3.05, 3.63) is 45.1 Å². The Bertz CT molecular complexity index is 1110. The molecular weight excluding hydrogens is 408 g/mol. The van der Waals surface area contributed by atoms with Crippen molar-refractivity contribution in [2.45, 2.75) is 71.0 Å². The van der Waals surface area contributed by atoms with Crippen LogP contribution < -0.4 is 16.6 Å².